The van der Waals surface area contributed by atoms with Crippen molar-refractivity contribution < 1.29 is 17.2 Å². The Morgan fingerprint density at radius 1 is 1.26 bits per heavy atom. The lowest BCUT2D eigenvalue weighted by Crippen LogP contribution is -2.44. The van der Waals surface area contributed by atoms with Crippen LogP contribution in [0.3, 0.4) is 0 Å². The number of halogens is 2. The molecule has 0 radical (unpaired) electrons. The second-order valence-corrected chi connectivity index (χ2v) is 6.52. The molecule has 1 aromatic carbocycles. The summed E-state index contributed by atoms with van der Waals surface area (Å²) in [6, 6.07) is 3.00. The monoisotopic (exact) mass is 290 g/mol. The molecule has 0 aromatic heterocycles. The highest BCUT2D eigenvalue weighted by Crippen LogP contribution is 2.24. The van der Waals surface area contributed by atoms with Crippen LogP contribution >= 0.6 is 0 Å². The lowest BCUT2D eigenvalue weighted by molar-refractivity contribution is 0.295. The fourth-order valence-corrected chi connectivity index (χ4v) is 3.69. The second kappa shape index (κ2) is 5.52. The number of nitrogens with one attached hydrogen (secondary N) is 1. The molecule has 0 aliphatic carbocycles. The number of hydrogen-bond donors (Lipinski definition) is 1. The van der Waals surface area contributed by atoms with Crippen molar-refractivity contribution in [3.63, 3.8) is 0 Å². The number of hydrogen-bond acceptors (Lipinski definition) is 3. The van der Waals surface area contributed by atoms with Crippen molar-refractivity contribution in [3.8, 4) is 0 Å². The number of sulfonamides is 1. The van der Waals surface area contributed by atoms with Gasteiger partial charge in [0.15, 0.2) is 11.6 Å². The summed E-state index contributed by atoms with van der Waals surface area (Å²) in [6.07, 6.45) is 1.32. The van der Waals surface area contributed by atoms with Gasteiger partial charge >= 0.3 is 0 Å². The minimum Gasteiger partial charge on any atom is -0.317 e. The summed E-state index contributed by atoms with van der Waals surface area (Å²) in [5, 5.41) is 3.13. The number of rotatable bonds is 3. The molecule has 0 amide bonds. The topological polar surface area (TPSA) is 49.4 Å². The molecule has 106 valence electrons. The zero-order chi connectivity index (χ0) is 14.0. The van der Waals surface area contributed by atoms with Gasteiger partial charge in [0, 0.05) is 13.1 Å². The fraction of sp³-hybridized carbons (Fsp3) is 0.500. The molecule has 1 heterocycles. The van der Waals surface area contributed by atoms with Gasteiger partial charge in [-0.15, -0.1) is 0 Å². The molecule has 1 aliphatic rings. The Balaban J connectivity index is 2.33. The molecule has 0 spiro atoms. The van der Waals surface area contributed by atoms with E-state index in [4.69, 9.17) is 0 Å². The number of nitrogens with zero attached hydrogens (tertiary/aromatic N) is 1. The van der Waals surface area contributed by atoms with Gasteiger partial charge in [-0.3, -0.25) is 0 Å². The number of benzene rings is 1. The van der Waals surface area contributed by atoms with E-state index in [1.807, 2.05) is 0 Å². The Morgan fingerprint density at radius 2 is 1.89 bits per heavy atom. The maximum atomic E-state index is 13.6. The fourth-order valence-electron chi connectivity index (χ4n) is 2.20. The normalized spacial score (nSPS) is 17.9. The van der Waals surface area contributed by atoms with Crippen molar-refractivity contribution in [2.45, 2.75) is 23.8 Å². The van der Waals surface area contributed by atoms with Crippen LogP contribution in [0.1, 0.15) is 12.8 Å². The van der Waals surface area contributed by atoms with Gasteiger partial charge in [0.2, 0.25) is 10.0 Å². The first-order chi connectivity index (χ1) is 8.94. The van der Waals surface area contributed by atoms with Crippen LogP contribution in [0.2, 0.25) is 0 Å². The molecule has 0 unspecified atom stereocenters. The van der Waals surface area contributed by atoms with E-state index in [9.17, 15) is 17.2 Å². The zero-order valence-corrected chi connectivity index (χ0v) is 11.4. The van der Waals surface area contributed by atoms with Gasteiger partial charge in [0.1, 0.15) is 4.90 Å². The molecule has 0 atom stereocenters. The molecule has 1 aliphatic heterocycles. The van der Waals surface area contributed by atoms with E-state index in [-0.39, 0.29) is 6.04 Å². The van der Waals surface area contributed by atoms with Crippen LogP contribution in [0.25, 0.3) is 0 Å². The Labute approximate surface area is 111 Å². The maximum absolute atomic E-state index is 13.6. The lowest BCUT2D eigenvalue weighted by atomic mass is 10.1. The van der Waals surface area contributed by atoms with E-state index in [1.165, 1.54) is 13.1 Å². The molecule has 1 N–H and O–H groups in total. The van der Waals surface area contributed by atoms with E-state index < -0.39 is 26.6 Å². The minimum absolute atomic E-state index is 0.186. The molecule has 0 bridgehead atoms. The molecular formula is C12H16F2N2O2S. The SMILES string of the molecule is CN(C1CCNCC1)S(=O)(=O)c1cccc(F)c1F. The lowest BCUT2D eigenvalue weighted by Gasteiger charge is -2.30. The van der Waals surface area contributed by atoms with Crippen LogP contribution in [0.5, 0.6) is 0 Å². The summed E-state index contributed by atoms with van der Waals surface area (Å²) in [4.78, 5) is -0.603. The molecule has 1 aromatic rings. The standard InChI is InChI=1S/C12H16F2N2O2S/c1-16(9-5-7-15-8-6-9)19(17,18)11-4-2-3-10(13)12(11)14/h2-4,9,15H,5-8H2,1H3. The minimum atomic E-state index is -4.00. The van der Waals surface area contributed by atoms with E-state index in [1.54, 1.807) is 0 Å². The van der Waals surface area contributed by atoms with Crippen LogP contribution < -0.4 is 5.32 Å². The van der Waals surface area contributed by atoms with Crippen molar-refractivity contribution in [2.24, 2.45) is 0 Å². The van der Waals surface area contributed by atoms with Gasteiger partial charge in [-0.25, -0.2) is 17.2 Å². The third kappa shape index (κ3) is 2.77. The third-order valence-electron chi connectivity index (χ3n) is 3.40. The van der Waals surface area contributed by atoms with E-state index in [0.717, 1.165) is 29.5 Å². The van der Waals surface area contributed by atoms with E-state index in [2.05, 4.69) is 5.32 Å². The van der Waals surface area contributed by atoms with Gasteiger partial charge in [-0.1, -0.05) is 6.07 Å². The Bertz CT molecular complexity index is 557. The van der Waals surface area contributed by atoms with Crippen LogP contribution in [0, 0.1) is 11.6 Å². The van der Waals surface area contributed by atoms with Gasteiger partial charge in [-0.05, 0) is 38.1 Å². The third-order valence-corrected chi connectivity index (χ3v) is 5.32. The smallest absolute Gasteiger partial charge is 0.246 e. The van der Waals surface area contributed by atoms with E-state index >= 15 is 0 Å². The molecule has 4 nitrogen and oxygen atoms in total. The Kier molecular flexibility index (Phi) is 4.17. The predicted octanol–water partition coefficient (Wildman–Crippen LogP) is 1.34. The maximum Gasteiger partial charge on any atom is 0.246 e. The molecule has 0 saturated carbocycles. The van der Waals surface area contributed by atoms with Crippen LogP contribution in [0.4, 0.5) is 8.78 Å². The summed E-state index contributed by atoms with van der Waals surface area (Å²) < 4.78 is 52.5. The summed E-state index contributed by atoms with van der Waals surface area (Å²) in [5.41, 5.74) is 0. The highest BCUT2D eigenvalue weighted by Gasteiger charge is 2.31. The molecule has 7 heteroatoms. The zero-order valence-electron chi connectivity index (χ0n) is 10.6. The first-order valence-corrected chi connectivity index (χ1v) is 7.51. The van der Waals surface area contributed by atoms with Gasteiger partial charge < -0.3 is 5.32 Å². The highest BCUT2D eigenvalue weighted by molar-refractivity contribution is 7.89. The van der Waals surface area contributed by atoms with Gasteiger partial charge in [0.05, 0.1) is 0 Å². The average Bonchev–Trinajstić information content (AvgIpc) is 2.41. The molecule has 19 heavy (non-hydrogen) atoms. The first-order valence-electron chi connectivity index (χ1n) is 6.07. The summed E-state index contributed by atoms with van der Waals surface area (Å²) in [7, 11) is -2.59. The predicted molar refractivity (Wildman–Crippen MR) is 67.2 cm³/mol. The second-order valence-electron chi connectivity index (χ2n) is 4.55. The van der Waals surface area contributed by atoms with Gasteiger partial charge in [-0.2, -0.15) is 4.31 Å². The highest BCUT2D eigenvalue weighted by atomic mass is 32.2. The summed E-state index contributed by atoms with van der Waals surface area (Å²) in [6.45, 7) is 1.44. The summed E-state index contributed by atoms with van der Waals surface area (Å²) in [5.74, 6) is -2.47. The van der Waals surface area contributed by atoms with Crippen LogP contribution in [-0.4, -0.2) is 38.9 Å². The largest absolute Gasteiger partial charge is 0.317 e. The molecule has 1 fully saturated rings. The Morgan fingerprint density at radius 3 is 2.53 bits per heavy atom. The first kappa shape index (κ1) is 14.4. The van der Waals surface area contributed by atoms with Crippen LogP contribution in [0.15, 0.2) is 23.1 Å². The quantitative estimate of drug-likeness (QED) is 0.914. The van der Waals surface area contributed by atoms with Crippen molar-refractivity contribution in [1.82, 2.24) is 9.62 Å². The average molecular weight is 290 g/mol. The Hall–Kier alpha value is -1.05. The number of piperidine rings is 1. The molecule has 2 rings (SSSR count). The summed E-state index contributed by atoms with van der Waals surface area (Å²) >= 11 is 0. The van der Waals surface area contributed by atoms with E-state index in [0.29, 0.717) is 12.8 Å². The van der Waals surface area contributed by atoms with Crippen LogP contribution in [-0.2, 0) is 10.0 Å². The molecular weight excluding hydrogens is 274 g/mol. The van der Waals surface area contributed by atoms with Gasteiger partial charge in [0.25, 0.3) is 0 Å². The van der Waals surface area contributed by atoms with Crippen molar-refractivity contribution in [2.75, 3.05) is 20.1 Å². The van der Waals surface area contributed by atoms with Crippen molar-refractivity contribution in [3.05, 3.63) is 29.8 Å². The molecule has 1 saturated heterocycles. The van der Waals surface area contributed by atoms with Crippen molar-refractivity contribution >= 4 is 10.0 Å². The van der Waals surface area contributed by atoms with Crippen molar-refractivity contribution in [1.29, 1.82) is 0 Å².